The Balaban J connectivity index is 1.81. The molecule has 0 saturated carbocycles. The highest BCUT2D eigenvalue weighted by Crippen LogP contribution is 2.28. The average Bonchev–Trinajstić information content (AvgIpc) is 2.77. The van der Waals surface area contributed by atoms with Crippen molar-refractivity contribution in [2.75, 3.05) is 36.9 Å². The Labute approximate surface area is 198 Å². The molecule has 1 unspecified atom stereocenters. The monoisotopic (exact) mass is 489 g/mol. The smallest absolute Gasteiger partial charge is 0.321 e. The summed E-state index contributed by atoms with van der Waals surface area (Å²) in [6.07, 6.45) is 0. The molecule has 0 aliphatic carbocycles. The highest BCUT2D eigenvalue weighted by atomic mass is 32.2. The molecule has 0 spiro atoms. The number of amides is 1. The standard InChI is InChI=1S/C23H27N3O7S/c1-4-33-22(27)15-34(31,32)21-9-8-18(13-20(21)26(29)30)23(28)24-10-11-25(17(3)14-24)19-7-5-6-16(2)12-19/h5-9,12-13,17H,4,10-11,14-15H2,1-3H3. The van der Waals surface area contributed by atoms with Crippen LogP contribution in [0.2, 0.25) is 0 Å². The first-order chi connectivity index (χ1) is 16.0. The SMILES string of the molecule is CCOC(=O)CS(=O)(=O)c1ccc(C(=O)N2CCN(c3cccc(C)c3)C(C)C2)cc1[N+](=O)[O-]. The highest BCUT2D eigenvalue weighted by molar-refractivity contribution is 7.92. The molecule has 34 heavy (non-hydrogen) atoms. The van der Waals surface area contributed by atoms with E-state index in [-0.39, 0.29) is 18.2 Å². The van der Waals surface area contributed by atoms with Crippen LogP contribution in [-0.2, 0) is 19.4 Å². The molecule has 1 saturated heterocycles. The van der Waals surface area contributed by atoms with E-state index in [2.05, 4.69) is 15.7 Å². The first-order valence-corrected chi connectivity index (χ1v) is 12.5. The van der Waals surface area contributed by atoms with Crippen molar-refractivity contribution in [3.05, 3.63) is 63.7 Å². The number of anilines is 1. The molecule has 10 nitrogen and oxygen atoms in total. The van der Waals surface area contributed by atoms with E-state index in [1.54, 1.807) is 4.90 Å². The first kappa shape index (κ1) is 25.2. The van der Waals surface area contributed by atoms with Crippen LogP contribution in [0.25, 0.3) is 0 Å². The molecule has 1 atom stereocenters. The van der Waals surface area contributed by atoms with Gasteiger partial charge in [0.05, 0.1) is 11.5 Å². The highest BCUT2D eigenvalue weighted by Gasteiger charge is 2.32. The Morgan fingerprint density at radius 1 is 1.18 bits per heavy atom. The maximum Gasteiger partial charge on any atom is 0.321 e. The average molecular weight is 490 g/mol. The lowest BCUT2D eigenvalue weighted by atomic mass is 10.1. The van der Waals surface area contributed by atoms with Crippen molar-refractivity contribution in [1.82, 2.24) is 4.90 Å². The summed E-state index contributed by atoms with van der Waals surface area (Å²) in [5.74, 6) is -2.45. The molecule has 1 aliphatic rings. The third kappa shape index (κ3) is 5.53. The van der Waals surface area contributed by atoms with Crippen LogP contribution in [0.1, 0.15) is 29.8 Å². The van der Waals surface area contributed by atoms with Gasteiger partial charge in [-0.25, -0.2) is 8.42 Å². The molecule has 1 heterocycles. The minimum Gasteiger partial charge on any atom is -0.465 e. The lowest BCUT2D eigenvalue weighted by molar-refractivity contribution is -0.387. The zero-order valence-electron chi connectivity index (χ0n) is 19.3. The minimum absolute atomic E-state index is 0.0120. The number of ether oxygens (including phenoxy) is 1. The molecule has 0 radical (unpaired) electrons. The number of carbonyl (C=O) groups excluding carboxylic acids is 2. The number of nitro groups is 1. The van der Waals surface area contributed by atoms with Crippen LogP contribution in [0, 0.1) is 17.0 Å². The quantitative estimate of drug-likeness (QED) is 0.330. The molecule has 3 rings (SSSR count). The molecule has 1 fully saturated rings. The molecule has 1 aliphatic heterocycles. The molecule has 0 aromatic heterocycles. The fraction of sp³-hybridized carbons (Fsp3) is 0.391. The maximum atomic E-state index is 13.1. The Hall–Kier alpha value is -3.47. The number of nitro benzene ring substituents is 1. The Morgan fingerprint density at radius 3 is 2.53 bits per heavy atom. The Kier molecular flexibility index (Phi) is 7.55. The number of hydrogen-bond donors (Lipinski definition) is 0. The number of piperazine rings is 1. The van der Waals surface area contributed by atoms with Crippen molar-refractivity contribution >= 4 is 33.1 Å². The van der Waals surface area contributed by atoms with Gasteiger partial charge in [-0.1, -0.05) is 12.1 Å². The molecule has 1 amide bonds. The van der Waals surface area contributed by atoms with Crippen LogP contribution in [0.4, 0.5) is 11.4 Å². The minimum atomic E-state index is -4.32. The molecule has 11 heteroatoms. The van der Waals surface area contributed by atoms with Gasteiger partial charge in [0.2, 0.25) is 0 Å². The van der Waals surface area contributed by atoms with Crippen molar-refractivity contribution in [1.29, 1.82) is 0 Å². The zero-order chi connectivity index (χ0) is 25.0. The number of rotatable bonds is 7. The van der Waals surface area contributed by atoms with E-state index in [0.717, 1.165) is 23.4 Å². The second kappa shape index (κ2) is 10.2. The van der Waals surface area contributed by atoms with Crippen LogP contribution in [0.5, 0.6) is 0 Å². The Morgan fingerprint density at radius 2 is 1.91 bits per heavy atom. The van der Waals surface area contributed by atoms with Gasteiger partial charge in [-0.15, -0.1) is 0 Å². The summed E-state index contributed by atoms with van der Waals surface area (Å²) in [7, 11) is -4.32. The summed E-state index contributed by atoms with van der Waals surface area (Å²) in [5, 5.41) is 11.6. The molecule has 2 aromatic rings. The van der Waals surface area contributed by atoms with E-state index < -0.39 is 43.0 Å². The third-order valence-corrected chi connectivity index (χ3v) is 7.23. The second-order valence-electron chi connectivity index (χ2n) is 8.14. The molecular formula is C23H27N3O7S. The van der Waals surface area contributed by atoms with Gasteiger partial charge in [-0.05, 0) is 50.6 Å². The molecule has 0 bridgehead atoms. The number of aryl methyl sites for hydroxylation is 1. The van der Waals surface area contributed by atoms with Gasteiger partial charge >= 0.3 is 5.97 Å². The lowest BCUT2D eigenvalue weighted by Crippen LogP contribution is -2.53. The summed E-state index contributed by atoms with van der Waals surface area (Å²) in [5.41, 5.74) is 1.46. The van der Waals surface area contributed by atoms with Crippen LogP contribution < -0.4 is 4.90 Å². The van der Waals surface area contributed by atoms with E-state index in [4.69, 9.17) is 0 Å². The van der Waals surface area contributed by atoms with Gasteiger partial charge in [0.25, 0.3) is 11.6 Å². The first-order valence-electron chi connectivity index (χ1n) is 10.8. The van der Waals surface area contributed by atoms with Crippen LogP contribution >= 0.6 is 0 Å². The van der Waals surface area contributed by atoms with Crippen LogP contribution in [-0.4, -0.2) is 68.2 Å². The summed E-state index contributed by atoms with van der Waals surface area (Å²) in [6, 6.07) is 11.3. The van der Waals surface area contributed by atoms with Crippen LogP contribution in [0.3, 0.4) is 0 Å². The fourth-order valence-electron chi connectivity index (χ4n) is 4.01. The van der Waals surface area contributed by atoms with E-state index in [1.807, 2.05) is 32.0 Å². The van der Waals surface area contributed by atoms with Crippen molar-refractivity contribution < 1.29 is 27.7 Å². The third-order valence-electron chi connectivity index (χ3n) is 5.60. The van der Waals surface area contributed by atoms with Gasteiger partial charge < -0.3 is 14.5 Å². The van der Waals surface area contributed by atoms with Gasteiger partial charge in [-0.2, -0.15) is 0 Å². The topological polar surface area (TPSA) is 127 Å². The summed E-state index contributed by atoms with van der Waals surface area (Å²) in [6.45, 7) is 6.92. The summed E-state index contributed by atoms with van der Waals surface area (Å²) >= 11 is 0. The zero-order valence-corrected chi connectivity index (χ0v) is 20.1. The van der Waals surface area contributed by atoms with Gasteiger partial charge in [0.15, 0.2) is 15.6 Å². The summed E-state index contributed by atoms with van der Waals surface area (Å²) < 4.78 is 29.8. The predicted molar refractivity (Wildman–Crippen MR) is 126 cm³/mol. The largest absolute Gasteiger partial charge is 0.465 e. The van der Waals surface area contributed by atoms with E-state index in [9.17, 15) is 28.1 Å². The number of sulfone groups is 1. The molecule has 182 valence electrons. The number of esters is 1. The van der Waals surface area contributed by atoms with Gasteiger partial charge in [0.1, 0.15) is 4.90 Å². The fourth-order valence-corrected chi connectivity index (χ4v) is 5.28. The van der Waals surface area contributed by atoms with Crippen molar-refractivity contribution in [3.63, 3.8) is 0 Å². The number of benzene rings is 2. The molecule has 2 aromatic carbocycles. The van der Waals surface area contributed by atoms with Crippen molar-refractivity contribution in [2.45, 2.75) is 31.7 Å². The van der Waals surface area contributed by atoms with Gasteiger partial charge in [-0.3, -0.25) is 19.7 Å². The molecule has 0 N–H and O–H groups in total. The second-order valence-corrected chi connectivity index (χ2v) is 10.1. The van der Waals surface area contributed by atoms with Crippen LogP contribution in [0.15, 0.2) is 47.4 Å². The van der Waals surface area contributed by atoms with Crippen molar-refractivity contribution in [2.24, 2.45) is 0 Å². The number of hydrogen-bond acceptors (Lipinski definition) is 8. The summed E-state index contributed by atoms with van der Waals surface area (Å²) in [4.78, 5) is 38.6. The van der Waals surface area contributed by atoms with Crippen molar-refractivity contribution in [3.8, 4) is 0 Å². The molecular weight excluding hydrogens is 462 g/mol. The maximum absolute atomic E-state index is 13.1. The van der Waals surface area contributed by atoms with E-state index in [1.165, 1.54) is 13.0 Å². The number of nitrogens with zero attached hydrogens (tertiary/aromatic N) is 3. The Bertz CT molecular complexity index is 1210. The predicted octanol–water partition coefficient (Wildman–Crippen LogP) is 2.59. The lowest BCUT2D eigenvalue weighted by Gasteiger charge is -2.41. The van der Waals surface area contributed by atoms with Gasteiger partial charge in [0, 0.05) is 43.0 Å². The van der Waals surface area contributed by atoms with E-state index >= 15 is 0 Å². The number of carbonyl (C=O) groups is 2. The normalized spacial score (nSPS) is 16.3. The van der Waals surface area contributed by atoms with E-state index in [0.29, 0.717) is 19.6 Å².